The number of carbonyl (C=O) groups excluding carboxylic acids is 1. The van der Waals surface area contributed by atoms with Crippen LogP contribution in [0.15, 0.2) is 41.0 Å². The van der Waals surface area contributed by atoms with Gasteiger partial charge in [-0.2, -0.15) is 0 Å². The number of benzene rings is 1. The first kappa shape index (κ1) is 17.3. The quantitative estimate of drug-likeness (QED) is 0.896. The number of nitrogens with one attached hydrogen (secondary N) is 2. The van der Waals surface area contributed by atoms with Crippen LogP contribution in [0.2, 0.25) is 0 Å². The third kappa shape index (κ3) is 4.24. The molecule has 2 heterocycles. The number of amides is 1. The van der Waals surface area contributed by atoms with Gasteiger partial charge in [0.2, 0.25) is 0 Å². The zero-order valence-electron chi connectivity index (χ0n) is 12.5. The number of hydrogen-bond donors (Lipinski definition) is 2. The van der Waals surface area contributed by atoms with Gasteiger partial charge in [0.25, 0.3) is 5.91 Å². The number of hydrogen-bond acceptors (Lipinski definition) is 4. The lowest BCUT2D eigenvalue weighted by molar-refractivity contribution is 0.0923. The summed E-state index contributed by atoms with van der Waals surface area (Å²) < 4.78 is 19.2. The number of piperazine rings is 1. The summed E-state index contributed by atoms with van der Waals surface area (Å²) in [7, 11) is 0. The van der Waals surface area contributed by atoms with Gasteiger partial charge in [-0.1, -0.05) is 6.07 Å². The molecule has 1 aliphatic rings. The van der Waals surface area contributed by atoms with Crippen molar-refractivity contribution in [3.63, 3.8) is 0 Å². The molecule has 0 radical (unpaired) electrons. The fourth-order valence-corrected chi connectivity index (χ4v) is 2.50. The highest BCUT2D eigenvalue weighted by molar-refractivity contribution is 5.91. The molecule has 1 saturated heterocycles. The van der Waals surface area contributed by atoms with Crippen molar-refractivity contribution >= 4 is 24.0 Å². The van der Waals surface area contributed by atoms with Crippen LogP contribution in [0.1, 0.15) is 16.1 Å². The molecule has 1 aromatic heterocycles. The molecule has 1 amide bonds. The Bertz CT molecular complexity index is 643. The maximum atomic E-state index is 14.2. The van der Waals surface area contributed by atoms with Gasteiger partial charge in [-0.3, -0.25) is 4.79 Å². The molecule has 23 heavy (non-hydrogen) atoms. The maximum Gasteiger partial charge on any atom is 0.287 e. The van der Waals surface area contributed by atoms with Crippen molar-refractivity contribution in [1.29, 1.82) is 0 Å². The van der Waals surface area contributed by atoms with Crippen molar-refractivity contribution in [2.24, 2.45) is 0 Å². The van der Waals surface area contributed by atoms with E-state index in [2.05, 4.69) is 10.6 Å². The predicted molar refractivity (Wildman–Crippen MR) is 88.6 cm³/mol. The molecule has 2 N–H and O–H groups in total. The van der Waals surface area contributed by atoms with E-state index in [0.717, 1.165) is 31.7 Å². The highest BCUT2D eigenvalue weighted by atomic mass is 35.5. The van der Waals surface area contributed by atoms with E-state index >= 15 is 0 Å². The van der Waals surface area contributed by atoms with Crippen LogP contribution in [-0.2, 0) is 6.54 Å². The van der Waals surface area contributed by atoms with Crippen molar-refractivity contribution in [3.8, 4) is 0 Å². The van der Waals surface area contributed by atoms with E-state index in [4.69, 9.17) is 4.42 Å². The van der Waals surface area contributed by atoms with Gasteiger partial charge in [-0.25, -0.2) is 4.39 Å². The fraction of sp³-hybridized carbons (Fsp3) is 0.312. The molecule has 0 aliphatic carbocycles. The van der Waals surface area contributed by atoms with Crippen LogP contribution in [0.4, 0.5) is 10.1 Å². The highest BCUT2D eigenvalue weighted by Crippen LogP contribution is 2.21. The predicted octanol–water partition coefficient (Wildman–Crippen LogP) is 2.18. The number of anilines is 1. The summed E-state index contributed by atoms with van der Waals surface area (Å²) >= 11 is 0. The summed E-state index contributed by atoms with van der Waals surface area (Å²) in [6.07, 6.45) is 1.44. The van der Waals surface area contributed by atoms with E-state index in [1.165, 1.54) is 12.3 Å². The summed E-state index contributed by atoms with van der Waals surface area (Å²) in [5, 5.41) is 5.95. The van der Waals surface area contributed by atoms with E-state index in [-0.39, 0.29) is 36.4 Å². The van der Waals surface area contributed by atoms with E-state index in [1.807, 2.05) is 11.0 Å². The Hall–Kier alpha value is -2.05. The monoisotopic (exact) mass is 339 g/mol. The fourth-order valence-electron chi connectivity index (χ4n) is 2.50. The second-order valence-corrected chi connectivity index (χ2v) is 5.18. The van der Waals surface area contributed by atoms with Crippen molar-refractivity contribution in [2.45, 2.75) is 6.54 Å². The molecular formula is C16H19ClFN3O2. The molecule has 7 heteroatoms. The number of nitrogens with zero attached hydrogens (tertiary/aromatic N) is 1. The zero-order chi connectivity index (χ0) is 15.4. The Morgan fingerprint density at radius 3 is 2.74 bits per heavy atom. The molecule has 1 aromatic carbocycles. The third-order valence-electron chi connectivity index (χ3n) is 3.67. The third-order valence-corrected chi connectivity index (χ3v) is 3.67. The molecule has 0 atom stereocenters. The van der Waals surface area contributed by atoms with Gasteiger partial charge in [0, 0.05) is 32.7 Å². The Morgan fingerprint density at radius 1 is 1.30 bits per heavy atom. The van der Waals surface area contributed by atoms with Gasteiger partial charge in [-0.05, 0) is 29.8 Å². The molecule has 3 rings (SSSR count). The molecule has 0 unspecified atom stereocenters. The summed E-state index contributed by atoms with van der Waals surface area (Å²) in [5.41, 5.74) is 1.33. The molecule has 0 bridgehead atoms. The van der Waals surface area contributed by atoms with Crippen LogP contribution in [0, 0.1) is 5.82 Å². The van der Waals surface area contributed by atoms with E-state index in [1.54, 1.807) is 18.2 Å². The first-order valence-electron chi connectivity index (χ1n) is 7.30. The van der Waals surface area contributed by atoms with Crippen molar-refractivity contribution in [1.82, 2.24) is 10.6 Å². The zero-order valence-corrected chi connectivity index (χ0v) is 13.4. The van der Waals surface area contributed by atoms with E-state index in [0.29, 0.717) is 5.69 Å². The number of furan rings is 1. The standard InChI is InChI=1S/C16H18FN3O2.ClH/c17-13-10-12(11-19-16(21)15-2-1-9-22-15)3-4-14(13)20-7-5-18-6-8-20;/h1-4,9-10,18H,5-8,11H2,(H,19,21);1H. The van der Waals surface area contributed by atoms with Crippen LogP contribution in [0.5, 0.6) is 0 Å². The second-order valence-electron chi connectivity index (χ2n) is 5.18. The van der Waals surface area contributed by atoms with Gasteiger partial charge >= 0.3 is 0 Å². The second kappa shape index (κ2) is 7.99. The smallest absolute Gasteiger partial charge is 0.287 e. The van der Waals surface area contributed by atoms with Gasteiger partial charge in [0.15, 0.2) is 5.76 Å². The molecule has 1 fully saturated rings. The number of carbonyl (C=O) groups is 1. The molecule has 124 valence electrons. The Balaban J connectivity index is 0.00000192. The molecule has 5 nitrogen and oxygen atoms in total. The van der Waals surface area contributed by atoms with Crippen LogP contribution < -0.4 is 15.5 Å². The lowest BCUT2D eigenvalue weighted by atomic mass is 10.1. The van der Waals surface area contributed by atoms with Crippen LogP contribution >= 0.6 is 12.4 Å². The van der Waals surface area contributed by atoms with Crippen molar-refractivity contribution < 1.29 is 13.6 Å². The van der Waals surface area contributed by atoms with Gasteiger partial charge in [0.1, 0.15) is 5.82 Å². The average molecular weight is 340 g/mol. The minimum atomic E-state index is -0.309. The van der Waals surface area contributed by atoms with Crippen molar-refractivity contribution in [2.75, 3.05) is 31.1 Å². The maximum absolute atomic E-state index is 14.2. The molecule has 0 saturated carbocycles. The Labute approximate surface area is 140 Å². The van der Waals surface area contributed by atoms with Gasteiger partial charge in [0.05, 0.1) is 12.0 Å². The average Bonchev–Trinajstić information content (AvgIpc) is 3.08. The first-order chi connectivity index (χ1) is 10.7. The van der Waals surface area contributed by atoms with Crippen LogP contribution in [0.3, 0.4) is 0 Å². The summed E-state index contributed by atoms with van der Waals surface area (Å²) in [4.78, 5) is 13.8. The number of rotatable bonds is 4. The molecular weight excluding hydrogens is 321 g/mol. The topological polar surface area (TPSA) is 57.5 Å². The lowest BCUT2D eigenvalue weighted by Crippen LogP contribution is -2.43. The first-order valence-corrected chi connectivity index (χ1v) is 7.30. The minimum absolute atomic E-state index is 0. The van der Waals surface area contributed by atoms with E-state index < -0.39 is 0 Å². The normalized spacial score (nSPS) is 14.2. The van der Waals surface area contributed by atoms with E-state index in [9.17, 15) is 9.18 Å². The SMILES string of the molecule is Cl.O=C(NCc1ccc(N2CCNCC2)c(F)c1)c1ccco1. The lowest BCUT2D eigenvalue weighted by Gasteiger charge is -2.29. The highest BCUT2D eigenvalue weighted by Gasteiger charge is 2.15. The largest absolute Gasteiger partial charge is 0.459 e. The summed E-state index contributed by atoms with van der Waals surface area (Å²) in [6.45, 7) is 3.58. The van der Waals surface area contributed by atoms with Gasteiger partial charge in [-0.15, -0.1) is 12.4 Å². The molecule has 1 aliphatic heterocycles. The minimum Gasteiger partial charge on any atom is -0.459 e. The summed E-state index contributed by atoms with van der Waals surface area (Å²) in [5.74, 6) is -0.318. The van der Waals surface area contributed by atoms with Gasteiger partial charge < -0.3 is 20.0 Å². The summed E-state index contributed by atoms with van der Waals surface area (Å²) in [6, 6.07) is 8.32. The number of halogens is 2. The Kier molecular flexibility index (Phi) is 6.01. The van der Waals surface area contributed by atoms with Crippen molar-refractivity contribution in [3.05, 3.63) is 53.7 Å². The Morgan fingerprint density at radius 2 is 2.09 bits per heavy atom. The molecule has 0 spiro atoms. The van der Waals surface area contributed by atoms with Crippen LogP contribution in [-0.4, -0.2) is 32.1 Å². The van der Waals surface area contributed by atoms with Crippen LogP contribution in [0.25, 0.3) is 0 Å². The molecule has 2 aromatic rings.